The van der Waals surface area contributed by atoms with Gasteiger partial charge in [0.15, 0.2) is 0 Å². The molecule has 1 amide bonds. The molecule has 514 valence electrons. The van der Waals surface area contributed by atoms with E-state index in [2.05, 4.69) is 165 Å². The highest BCUT2D eigenvalue weighted by molar-refractivity contribution is 7.47. The summed E-state index contributed by atoms with van der Waals surface area (Å²) in [6.07, 6.45) is 108. The Labute approximate surface area is 556 Å². The Balaban J connectivity index is 4.21. The smallest absolute Gasteiger partial charge is 0.387 e. The molecule has 3 unspecified atom stereocenters. The Bertz CT molecular complexity index is 2030. The molecule has 0 saturated carbocycles. The lowest BCUT2D eigenvalue weighted by molar-refractivity contribution is -0.870. The van der Waals surface area contributed by atoms with Crippen LogP contribution < -0.4 is 5.32 Å². The van der Waals surface area contributed by atoms with Gasteiger partial charge >= 0.3 is 7.82 Å². The quantitative estimate of drug-likeness (QED) is 0.0243. The molecule has 3 N–H and O–H groups in total. The van der Waals surface area contributed by atoms with Gasteiger partial charge in [-0.15, -0.1) is 0 Å². The number of amides is 1. The number of likely N-dealkylation sites (N-methyl/N-ethyl adjacent to an activating group) is 1. The normalized spacial score (nSPS) is 14.5. The summed E-state index contributed by atoms with van der Waals surface area (Å²) < 4.78 is 23.8. The van der Waals surface area contributed by atoms with Gasteiger partial charge in [-0.2, -0.15) is 0 Å². The molecule has 0 bridgehead atoms. The molecule has 8 nitrogen and oxygen atoms in total. The van der Waals surface area contributed by atoms with Gasteiger partial charge in [-0.1, -0.05) is 339 Å². The molecule has 0 heterocycles. The predicted molar refractivity (Wildman–Crippen MR) is 396 cm³/mol. The van der Waals surface area contributed by atoms with Crippen LogP contribution in [0.25, 0.3) is 0 Å². The van der Waals surface area contributed by atoms with Crippen LogP contribution in [0.1, 0.15) is 296 Å². The number of carbonyl (C=O) groups excluding carboxylic acids is 1. The van der Waals surface area contributed by atoms with Crippen molar-refractivity contribution in [3.8, 4) is 0 Å². The maximum atomic E-state index is 13.0. The van der Waals surface area contributed by atoms with Gasteiger partial charge in [-0.25, -0.2) is 4.57 Å². The topological polar surface area (TPSA) is 105 Å². The summed E-state index contributed by atoms with van der Waals surface area (Å²) in [7, 11) is 1.53. The fourth-order valence-corrected chi connectivity index (χ4v) is 10.8. The van der Waals surface area contributed by atoms with E-state index in [9.17, 15) is 19.4 Å². The zero-order valence-corrected chi connectivity index (χ0v) is 59.7. The number of hydrogen-bond donors (Lipinski definition) is 3. The second-order valence-electron chi connectivity index (χ2n) is 25.6. The van der Waals surface area contributed by atoms with Crippen LogP contribution in [0.2, 0.25) is 0 Å². The number of phosphoric acid groups is 1. The number of hydrogen-bond acceptors (Lipinski definition) is 5. The third kappa shape index (κ3) is 71.6. The number of aliphatic hydroxyl groups excluding tert-OH is 1. The molecular weight excluding hydrogens is 1130 g/mol. The van der Waals surface area contributed by atoms with Gasteiger partial charge in [0.05, 0.1) is 39.9 Å². The van der Waals surface area contributed by atoms with E-state index in [0.717, 1.165) is 109 Å². The van der Waals surface area contributed by atoms with Gasteiger partial charge in [0, 0.05) is 6.42 Å². The SMILES string of the molecule is CC/C=C\C/C=C\C/C=C\C/C=C\C/C=C\C/C=C\C/C=C\C/C=C\C/C=C\C/C=C\C/C=C\C/C=C\CCCCC(=O)NC(COP(=O)(O)OCC[N+](C)(C)C)C(O)/C=C/CCCCCCCCCCCCCCCCCCCCCCCCCCCCC. The lowest BCUT2D eigenvalue weighted by Crippen LogP contribution is -2.45. The fourth-order valence-electron chi connectivity index (χ4n) is 10.1. The van der Waals surface area contributed by atoms with E-state index >= 15 is 0 Å². The number of quaternary nitrogens is 1. The molecule has 0 aliphatic rings. The summed E-state index contributed by atoms with van der Waals surface area (Å²) in [5, 5.41) is 14.0. The fraction of sp³-hybridized carbons (Fsp3) is 0.667. The standard InChI is InChI=1S/C81H139N2O6P/c1-6-8-10-12-14-16-18-20-22-24-26-28-30-32-34-36-37-38-39-40-41-42-43-44-45-47-49-51-53-55-57-59-61-63-65-67-69-71-73-75-81(85)82-79(78-89-90(86,87)88-77-76-83(3,4)5)80(84)74-72-70-68-66-64-62-60-58-56-54-52-50-48-46-35-33-31-29-27-25-23-21-19-17-15-13-11-9-7-2/h8,10,14,16,20,22,26,28,32,34,37-38,40-41,43-44,47,49,53,55,59,61,65,67,72,74,79-80,84H,6-7,9,11-13,15,17-19,21,23-25,27,29-31,33,35-36,39,42,45-46,48,50-52,54,56-58,60,62-64,66,68-71,73,75-78H2,1-5H3,(H-,82,85,86,87)/p+1/b10-8-,16-14-,22-20-,28-26-,34-32-,38-37-,41-40-,44-43-,49-47-,55-53-,61-59-,67-65-,74-72+. The Morgan fingerprint density at radius 1 is 0.389 bits per heavy atom. The zero-order chi connectivity index (χ0) is 65.5. The Hall–Kier alpha value is -3.88. The van der Waals surface area contributed by atoms with Gasteiger partial charge in [0.1, 0.15) is 13.2 Å². The van der Waals surface area contributed by atoms with E-state index in [1.807, 2.05) is 27.2 Å². The lowest BCUT2D eigenvalue weighted by atomic mass is 10.0. The highest BCUT2D eigenvalue weighted by Gasteiger charge is 2.28. The van der Waals surface area contributed by atoms with Crippen molar-refractivity contribution < 1.29 is 32.9 Å². The van der Waals surface area contributed by atoms with Crippen molar-refractivity contribution in [2.75, 3.05) is 40.9 Å². The minimum absolute atomic E-state index is 0.0449. The maximum absolute atomic E-state index is 13.0. The lowest BCUT2D eigenvalue weighted by Gasteiger charge is -2.25. The molecular formula is C81H140N2O6P+. The Morgan fingerprint density at radius 3 is 0.978 bits per heavy atom. The predicted octanol–water partition coefficient (Wildman–Crippen LogP) is 24.1. The third-order valence-electron chi connectivity index (χ3n) is 15.8. The van der Waals surface area contributed by atoms with Crippen LogP contribution in [-0.4, -0.2) is 73.4 Å². The maximum Gasteiger partial charge on any atom is 0.472 e. The van der Waals surface area contributed by atoms with E-state index in [1.165, 1.54) is 161 Å². The Kier molecular flexibility index (Phi) is 66.5. The van der Waals surface area contributed by atoms with Crippen molar-refractivity contribution >= 4 is 13.7 Å². The first kappa shape index (κ1) is 86.1. The van der Waals surface area contributed by atoms with Crippen molar-refractivity contribution in [1.82, 2.24) is 5.32 Å². The zero-order valence-electron chi connectivity index (χ0n) is 58.8. The molecule has 3 atom stereocenters. The number of rotatable bonds is 66. The summed E-state index contributed by atoms with van der Waals surface area (Å²) in [6.45, 7) is 4.68. The summed E-state index contributed by atoms with van der Waals surface area (Å²) in [4.78, 5) is 23.4. The molecule has 0 radical (unpaired) electrons. The number of allylic oxidation sites excluding steroid dienone is 25. The number of carbonyl (C=O) groups is 1. The second-order valence-corrected chi connectivity index (χ2v) is 27.0. The van der Waals surface area contributed by atoms with E-state index in [-0.39, 0.29) is 19.1 Å². The molecule has 90 heavy (non-hydrogen) atoms. The van der Waals surface area contributed by atoms with Crippen LogP contribution in [0.5, 0.6) is 0 Å². The molecule has 0 aromatic heterocycles. The first-order chi connectivity index (χ1) is 44.0. The summed E-state index contributed by atoms with van der Waals surface area (Å²) in [5.41, 5.74) is 0. The number of aliphatic hydroxyl groups is 1. The van der Waals surface area contributed by atoms with Gasteiger partial charge < -0.3 is 19.8 Å². The minimum atomic E-state index is -4.38. The van der Waals surface area contributed by atoms with E-state index in [1.54, 1.807) is 6.08 Å². The number of phosphoric ester groups is 1. The molecule has 0 aliphatic heterocycles. The van der Waals surface area contributed by atoms with Crippen LogP contribution in [0.3, 0.4) is 0 Å². The van der Waals surface area contributed by atoms with E-state index < -0.39 is 20.0 Å². The van der Waals surface area contributed by atoms with Gasteiger partial charge in [0.2, 0.25) is 5.91 Å². The number of nitrogens with zero attached hydrogens (tertiary/aromatic N) is 1. The van der Waals surface area contributed by atoms with Crippen LogP contribution in [-0.2, 0) is 18.4 Å². The van der Waals surface area contributed by atoms with Crippen LogP contribution in [0.15, 0.2) is 158 Å². The van der Waals surface area contributed by atoms with E-state index in [4.69, 9.17) is 9.05 Å². The molecule has 0 aromatic carbocycles. The van der Waals surface area contributed by atoms with Gasteiger partial charge in [-0.3, -0.25) is 13.8 Å². The third-order valence-corrected chi connectivity index (χ3v) is 16.7. The first-order valence-corrected chi connectivity index (χ1v) is 38.4. The molecule has 0 fully saturated rings. The number of unbranched alkanes of at least 4 members (excludes halogenated alkanes) is 29. The summed E-state index contributed by atoms with van der Waals surface area (Å²) in [6, 6.07) is -0.884. The molecule has 0 aliphatic carbocycles. The highest BCUT2D eigenvalue weighted by Crippen LogP contribution is 2.43. The molecule has 0 saturated heterocycles. The summed E-state index contributed by atoms with van der Waals surface area (Å²) in [5.74, 6) is -0.222. The highest BCUT2D eigenvalue weighted by atomic mass is 31.2. The van der Waals surface area contributed by atoms with Crippen LogP contribution in [0, 0.1) is 0 Å². The minimum Gasteiger partial charge on any atom is -0.387 e. The van der Waals surface area contributed by atoms with Crippen LogP contribution in [0.4, 0.5) is 0 Å². The van der Waals surface area contributed by atoms with Crippen molar-refractivity contribution in [3.05, 3.63) is 158 Å². The molecule has 0 aromatic rings. The van der Waals surface area contributed by atoms with Crippen molar-refractivity contribution in [3.63, 3.8) is 0 Å². The summed E-state index contributed by atoms with van der Waals surface area (Å²) >= 11 is 0. The molecule has 0 spiro atoms. The van der Waals surface area contributed by atoms with Crippen LogP contribution >= 0.6 is 7.82 Å². The van der Waals surface area contributed by atoms with E-state index in [0.29, 0.717) is 23.9 Å². The Morgan fingerprint density at radius 2 is 0.667 bits per heavy atom. The average molecular weight is 1270 g/mol. The van der Waals surface area contributed by atoms with Crippen molar-refractivity contribution in [2.24, 2.45) is 0 Å². The second kappa shape index (κ2) is 69.5. The largest absolute Gasteiger partial charge is 0.472 e. The van der Waals surface area contributed by atoms with Gasteiger partial charge in [-0.05, 0) is 109 Å². The van der Waals surface area contributed by atoms with Gasteiger partial charge in [0.25, 0.3) is 0 Å². The first-order valence-electron chi connectivity index (χ1n) is 36.9. The molecule has 0 rings (SSSR count). The van der Waals surface area contributed by atoms with Crippen molar-refractivity contribution in [1.29, 1.82) is 0 Å². The number of nitrogens with one attached hydrogen (secondary N) is 1. The van der Waals surface area contributed by atoms with Crippen molar-refractivity contribution in [2.45, 2.75) is 309 Å². The average Bonchev–Trinajstić information content (AvgIpc) is 3.72. The monoisotopic (exact) mass is 1270 g/mol. The molecule has 9 heteroatoms.